The molecule has 5 nitrogen and oxygen atoms in total. The second-order valence-corrected chi connectivity index (χ2v) is 5.83. The number of hydrogen-bond acceptors (Lipinski definition) is 3. The molecule has 0 aliphatic heterocycles. The number of nitrogens with zero attached hydrogens (tertiary/aromatic N) is 3. The maximum Gasteiger partial charge on any atom is 0.269 e. The van der Waals surface area contributed by atoms with E-state index in [0.29, 0.717) is 0 Å². The van der Waals surface area contributed by atoms with Gasteiger partial charge in [0.25, 0.3) is 5.69 Å². The van der Waals surface area contributed by atoms with Crippen LogP contribution in [-0.4, -0.2) is 14.5 Å². The zero-order valence-electron chi connectivity index (χ0n) is 13.8. The molecule has 0 spiro atoms. The number of para-hydroxylation sites is 1. The Hall–Kier alpha value is -3.73. The first-order valence-electron chi connectivity index (χ1n) is 8.17. The minimum atomic E-state index is -0.400. The minimum absolute atomic E-state index is 0.0647. The number of imidazole rings is 1. The molecular formula is C21H15N3O2. The number of nitro groups is 1. The van der Waals surface area contributed by atoms with Gasteiger partial charge in [-0.2, -0.15) is 0 Å². The van der Waals surface area contributed by atoms with Gasteiger partial charge in [0.2, 0.25) is 0 Å². The molecule has 0 fully saturated rings. The number of non-ortho nitro benzene ring substituents is 1. The molecule has 0 saturated heterocycles. The van der Waals surface area contributed by atoms with Crippen LogP contribution in [0.25, 0.3) is 28.3 Å². The molecule has 126 valence electrons. The maximum atomic E-state index is 10.9. The van der Waals surface area contributed by atoms with Gasteiger partial charge in [-0.05, 0) is 24.3 Å². The van der Waals surface area contributed by atoms with E-state index < -0.39 is 4.92 Å². The van der Waals surface area contributed by atoms with Crippen molar-refractivity contribution in [2.45, 2.75) is 0 Å². The Labute approximate surface area is 150 Å². The fourth-order valence-corrected chi connectivity index (χ4v) is 2.85. The number of rotatable bonds is 4. The molecule has 1 aromatic heterocycles. The van der Waals surface area contributed by atoms with E-state index in [2.05, 4.69) is 0 Å². The average molecular weight is 341 g/mol. The summed E-state index contributed by atoms with van der Waals surface area (Å²) in [5.41, 5.74) is 3.74. The monoisotopic (exact) mass is 341 g/mol. The third kappa shape index (κ3) is 2.98. The largest absolute Gasteiger partial charge is 0.299 e. The van der Waals surface area contributed by atoms with Crippen LogP contribution in [0.1, 0.15) is 0 Å². The molecule has 0 radical (unpaired) electrons. The number of hydrogen-bond donors (Lipinski definition) is 0. The van der Waals surface area contributed by atoms with Crippen LogP contribution < -0.4 is 0 Å². The Morgan fingerprint density at radius 2 is 1.38 bits per heavy atom. The van der Waals surface area contributed by atoms with Gasteiger partial charge in [-0.15, -0.1) is 0 Å². The highest BCUT2D eigenvalue weighted by molar-refractivity contribution is 5.68. The van der Waals surface area contributed by atoms with E-state index in [1.165, 1.54) is 12.1 Å². The van der Waals surface area contributed by atoms with Crippen molar-refractivity contribution >= 4 is 5.69 Å². The second kappa shape index (κ2) is 6.64. The Kier molecular flexibility index (Phi) is 4.03. The molecule has 0 unspecified atom stereocenters. The second-order valence-electron chi connectivity index (χ2n) is 5.83. The molecule has 26 heavy (non-hydrogen) atoms. The Balaban J connectivity index is 1.87. The summed E-state index contributed by atoms with van der Waals surface area (Å²) in [6.07, 6.45) is 1.99. The van der Waals surface area contributed by atoms with Crippen LogP contribution in [0.2, 0.25) is 0 Å². The van der Waals surface area contributed by atoms with E-state index in [1.54, 1.807) is 12.1 Å². The van der Waals surface area contributed by atoms with Gasteiger partial charge < -0.3 is 0 Å². The first-order valence-corrected chi connectivity index (χ1v) is 8.17. The Bertz CT molecular complexity index is 1040. The van der Waals surface area contributed by atoms with Crippen molar-refractivity contribution in [3.63, 3.8) is 0 Å². The van der Waals surface area contributed by atoms with Crippen molar-refractivity contribution < 1.29 is 4.92 Å². The van der Waals surface area contributed by atoms with Gasteiger partial charge in [0.15, 0.2) is 0 Å². The van der Waals surface area contributed by atoms with Crippen molar-refractivity contribution in [3.8, 4) is 28.3 Å². The third-order valence-electron chi connectivity index (χ3n) is 4.15. The molecule has 0 aliphatic rings. The smallest absolute Gasteiger partial charge is 0.269 e. The standard InChI is InChI=1S/C21H15N3O2/c25-24(26)19-13-11-17(12-14-19)21-22-20(16-7-3-1-4-8-16)15-23(21)18-9-5-2-6-10-18/h1-15H. The molecule has 0 saturated carbocycles. The molecule has 0 amide bonds. The van der Waals surface area contributed by atoms with Crippen LogP contribution in [0.15, 0.2) is 91.1 Å². The van der Waals surface area contributed by atoms with Crippen molar-refractivity contribution in [3.05, 3.63) is 101 Å². The van der Waals surface area contributed by atoms with E-state index in [-0.39, 0.29) is 5.69 Å². The summed E-state index contributed by atoms with van der Waals surface area (Å²) in [4.78, 5) is 15.3. The van der Waals surface area contributed by atoms with Crippen LogP contribution >= 0.6 is 0 Å². The van der Waals surface area contributed by atoms with Crippen molar-refractivity contribution in [1.82, 2.24) is 9.55 Å². The van der Waals surface area contributed by atoms with Crippen LogP contribution in [-0.2, 0) is 0 Å². The fourth-order valence-electron chi connectivity index (χ4n) is 2.85. The molecule has 4 aromatic rings. The van der Waals surface area contributed by atoms with Gasteiger partial charge >= 0.3 is 0 Å². The highest BCUT2D eigenvalue weighted by Gasteiger charge is 2.14. The van der Waals surface area contributed by atoms with Crippen molar-refractivity contribution in [2.24, 2.45) is 0 Å². The summed E-state index contributed by atoms with van der Waals surface area (Å²) in [6.45, 7) is 0. The van der Waals surface area contributed by atoms with Gasteiger partial charge in [0.05, 0.1) is 10.6 Å². The summed E-state index contributed by atoms with van der Waals surface area (Å²) in [5, 5.41) is 10.9. The highest BCUT2D eigenvalue weighted by Crippen LogP contribution is 2.28. The number of benzene rings is 3. The molecule has 0 bridgehead atoms. The zero-order chi connectivity index (χ0) is 17.9. The van der Waals surface area contributed by atoms with E-state index in [1.807, 2.05) is 71.4 Å². The van der Waals surface area contributed by atoms with Crippen molar-refractivity contribution in [1.29, 1.82) is 0 Å². The van der Waals surface area contributed by atoms with Gasteiger partial charge in [0.1, 0.15) is 5.82 Å². The van der Waals surface area contributed by atoms with Gasteiger partial charge in [-0.3, -0.25) is 14.7 Å². The molecule has 4 rings (SSSR count). The van der Waals surface area contributed by atoms with Crippen molar-refractivity contribution in [2.75, 3.05) is 0 Å². The van der Waals surface area contributed by atoms with Gasteiger partial charge in [-0.25, -0.2) is 4.98 Å². The zero-order valence-corrected chi connectivity index (χ0v) is 13.8. The molecule has 0 N–H and O–H groups in total. The van der Waals surface area contributed by atoms with Crippen LogP contribution in [0, 0.1) is 10.1 Å². The predicted molar refractivity (Wildman–Crippen MR) is 101 cm³/mol. The van der Waals surface area contributed by atoms with E-state index in [4.69, 9.17) is 4.98 Å². The first kappa shape index (κ1) is 15.8. The lowest BCUT2D eigenvalue weighted by molar-refractivity contribution is -0.384. The summed E-state index contributed by atoms with van der Waals surface area (Å²) >= 11 is 0. The van der Waals surface area contributed by atoms with E-state index in [9.17, 15) is 10.1 Å². The Morgan fingerprint density at radius 1 is 0.769 bits per heavy atom. The molecule has 5 heteroatoms. The SMILES string of the molecule is O=[N+]([O-])c1ccc(-c2nc(-c3ccccc3)cn2-c2ccccc2)cc1. The van der Waals surface area contributed by atoms with Crippen LogP contribution in [0.4, 0.5) is 5.69 Å². The van der Waals surface area contributed by atoms with Crippen LogP contribution in [0.3, 0.4) is 0 Å². The molecule has 0 aliphatic carbocycles. The molecule has 1 heterocycles. The minimum Gasteiger partial charge on any atom is -0.299 e. The lowest BCUT2D eigenvalue weighted by Gasteiger charge is -2.07. The quantitative estimate of drug-likeness (QED) is 0.382. The first-order chi connectivity index (χ1) is 12.7. The topological polar surface area (TPSA) is 61.0 Å². The average Bonchev–Trinajstić information content (AvgIpc) is 3.15. The lowest BCUT2D eigenvalue weighted by atomic mass is 10.2. The molecular weight excluding hydrogens is 326 g/mol. The molecule has 0 atom stereocenters. The highest BCUT2D eigenvalue weighted by atomic mass is 16.6. The summed E-state index contributed by atoms with van der Waals surface area (Å²) in [6, 6.07) is 26.3. The third-order valence-corrected chi connectivity index (χ3v) is 4.15. The lowest BCUT2D eigenvalue weighted by Crippen LogP contribution is -1.96. The summed E-state index contributed by atoms with van der Waals surface area (Å²) in [7, 11) is 0. The normalized spacial score (nSPS) is 10.6. The van der Waals surface area contributed by atoms with Crippen LogP contribution in [0.5, 0.6) is 0 Å². The number of aromatic nitrogens is 2. The molecule has 3 aromatic carbocycles. The Morgan fingerprint density at radius 3 is 2.00 bits per heavy atom. The van der Waals surface area contributed by atoms with Gasteiger partial charge in [-0.1, -0.05) is 48.5 Å². The van der Waals surface area contributed by atoms with E-state index >= 15 is 0 Å². The predicted octanol–water partition coefficient (Wildman–Crippen LogP) is 5.11. The van der Waals surface area contributed by atoms with E-state index in [0.717, 1.165) is 28.3 Å². The maximum absolute atomic E-state index is 10.9. The summed E-state index contributed by atoms with van der Waals surface area (Å²) in [5.74, 6) is 0.741. The number of nitro benzene ring substituents is 1. The fraction of sp³-hybridized carbons (Fsp3) is 0. The summed E-state index contributed by atoms with van der Waals surface area (Å²) < 4.78 is 2.00. The van der Waals surface area contributed by atoms with Gasteiger partial charge in [0, 0.05) is 35.1 Å².